The summed E-state index contributed by atoms with van der Waals surface area (Å²) in [5.41, 5.74) is 8.53. The quantitative estimate of drug-likeness (QED) is 0.868. The van der Waals surface area contributed by atoms with Crippen LogP contribution in [0.5, 0.6) is 5.75 Å². The Balaban J connectivity index is 1.90. The molecule has 1 aliphatic heterocycles. The van der Waals surface area contributed by atoms with E-state index in [9.17, 15) is 4.79 Å². The number of ether oxygens (including phenoxy) is 2. The molecule has 0 atom stereocenters. The fourth-order valence-corrected chi connectivity index (χ4v) is 3.36. The molecule has 0 saturated carbocycles. The molecule has 0 fully saturated rings. The molecule has 3 rings (SSSR count). The van der Waals surface area contributed by atoms with E-state index >= 15 is 0 Å². The first kappa shape index (κ1) is 17.1. The number of hydrogen-bond acceptors (Lipinski definition) is 7. The van der Waals surface area contributed by atoms with Gasteiger partial charge in [0.1, 0.15) is 17.3 Å². The van der Waals surface area contributed by atoms with Crippen molar-refractivity contribution in [3.05, 3.63) is 35.9 Å². The summed E-state index contributed by atoms with van der Waals surface area (Å²) in [6.07, 6.45) is -0.560. The molecule has 0 aliphatic carbocycles. The Hall–Kier alpha value is -2.74. The van der Waals surface area contributed by atoms with E-state index in [0.717, 1.165) is 21.9 Å². The van der Waals surface area contributed by atoms with Crippen molar-refractivity contribution in [2.75, 3.05) is 30.5 Å². The summed E-state index contributed by atoms with van der Waals surface area (Å²) in [6, 6.07) is 9.47. The SMILES string of the molecule is CCOC(=O)Nc1cc2c(c(N)n1)N=C(c1cccc(OC)c1)CS2. The van der Waals surface area contributed by atoms with Gasteiger partial charge in [-0.1, -0.05) is 12.1 Å². The number of nitrogens with two attached hydrogens (primary N) is 1. The monoisotopic (exact) mass is 358 g/mol. The van der Waals surface area contributed by atoms with Gasteiger partial charge in [0.05, 0.1) is 19.4 Å². The predicted molar refractivity (Wildman–Crippen MR) is 99.2 cm³/mol. The maximum absolute atomic E-state index is 11.5. The zero-order valence-electron chi connectivity index (χ0n) is 13.9. The molecular formula is C17H18N4O3S. The fraction of sp³-hybridized carbons (Fsp3) is 0.235. The lowest BCUT2D eigenvalue weighted by Crippen LogP contribution is -2.15. The Morgan fingerprint density at radius 2 is 2.24 bits per heavy atom. The molecular weight excluding hydrogens is 340 g/mol. The van der Waals surface area contributed by atoms with Gasteiger partial charge in [-0.15, -0.1) is 11.8 Å². The number of benzene rings is 1. The third kappa shape index (κ3) is 3.85. The smallest absolute Gasteiger partial charge is 0.412 e. The molecule has 0 saturated heterocycles. The number of carbonyl (C=O) groups excluding carboxylic acids is 1. The molecule has 25 heavy (non-hydrogen) atoms. The van der Waals surface area contributed by atoms with Crippen LogP contribution in [0.15, 0.2) is 40.2 Å². The van der Waals surface area contributed by atoms with Crippen molar-refractivity contribution in [3.8, 4) is 5.75 Å². The Morgan fingerprint density at radius 3 is 3.00 bits per heavy atom. The maximum Gasteiger partial charge on any atom is 0.412 e. The minimum Gasteiger partial charge on any atom is -0.497 e. The molecule has 0 spiro atoms. The second kappa shape index (κ2) is 7.43. The number of aliphatic imine (C=N–C) groups is 1. The molecule has 8 heteroatoms. The third-order valence-corrected chi connectivity index (χ3v) is 4.54. The van der Waals surface area contributed by atoms with Gasteiger partial charge >= 0.3 is 6.09 Å². The van der Waals surface area contributed by atoms with Gasteiger partial charge in [-0.2, -0.15) is 0 Å². The molecule has 7 nitrogen and oxygen atoms in total. The fourth-order valence-electron chi connectivity index (χ4n) is 2.36. The molecule has 1 amide bonds. The molecule has 2 heterocycles. The van der Waals surface area contributed by atoms with Crippen molar-refractivity contribution in [2.24, 2.45) is 4.99 Å². The highest BCUT2D eigenvalue weighted by molar-refractivity contribution is 8.00. The van der Waals surface area contributed by atoms with E-state index in [1.807, 2.05) is 24.3 Å². The van der Waals surface area contributed by atoms with Gasteiger partial charge in [0.2, 0.25) is 0 Å². The molecule has 0 bridgehead atoms. The summed E-state index contributed by atoms with van der Waals surface area (Å²) in [6.45, 7) is 2.02. The third-order valence-electron chi connectivity index (χ3n) is 3.50. The second-order valence-electron chi connectivity index (χ2n) is 5.16. The van der Waals surface area contributed by atoms with Gasteiger partial charge in [0.25, 0.3) is 0 Å². The van der Waals surface area contributed by atoms with Crippen LogP contribution < -0.4 is 15.8 Å². The number of rotatable bonds is 4. The van der Waals surface area contributed by atoms with Crippen molar-refractivity contribution in [1.29, 1.82) is 0 Å². The molecule has 1 aromatic carbocycles. The number of hydrogen-bond donors (Lipinski definition) is 2. The average molecular weight is 358 g/mol. The minimum absolute atomic E-state index is 0.261. The molecule has 3 N–H and O–H groups in total. The van der Waals surface area contributed by atoms with Gasteiger partial charge in [-0.25, -0.2) is 14.8 Å². The van der Waals surface area contributed by atoms with Crippen LogP contribution in [0.25, 0.3) is 0 Å². The van der Waals surface area contributed by atoms with Crippen LogP contribution >= 0.6 is 11.8 Å². The second-order valence-corrected chi connectivity index (χ2v) is 6.18. The summed E-state index contributed by atoms with van der Waals surface area (Å²) < 4.78 is 10.1. The number of carbonyl (C=O) groups is 1. The minimum atomic E-state index is -0.560. The highest BCUT2D eigenvalue weighted by Gasteiger charge is 2.19. The maximum atomic E-state index is 11.5. The molecule has 130 valence electrons. The Kier molecular flexibility index (Phi) is 5.08. The van der Waals surface area contributed by atoms with Gasteiger partial charge < -0.3 is 15.2 Å². The van der Waals surface area contributed by atoms with Crippen molar-refractivity contribution >= 4 is 40.9 Å². The molecule has 0 unspecified atom stereocenters. The van der Waals surface area contributed by atoms with Gasteiger partial charge in [0.15, 0.2) is 5.82 Å². The van der Waals surface area contributed by atoms with E-state index in [1.165, 1.54) is 0 Å². The Labute approximate surface area is 149 Å². The normalized spacial score (nSPS) is 12.8. The highest BCUT2D eigenvalue weighted by atomic mass is 32.2. The van der Waals surface area contributed by atoms with E-state index in [4.69, 9.17) is 15.2 Å². The van der Waals surface area contributed by atoms with Crippen LogP contribution in [0.1, 0.15) is 12.5 Å². The molecule has 1 aromatic heterocycles. The van der Waals surface area contributed by atoms with E-state index in [2.05, 4.69) is 15.3 Å². The van der Waals surface area contributed by atoms with Gasteiger partial charge in [-0.05, 0) is 25.1 Å². The summed E-state index contributed by atoms with van der Waals surface area (Å²) in [4.78, 5) is 21.2. The summed E-state index contributed by atoms with van der Waals surface area (Å²) >= 11 is 1.59. The standard InChI is InChI=1S/C17H18N4O3S/c1-3-24-17(22)21-14-8-13-15(16(18)20-14)19-12(9-25-13)10-5-4-6-11(7-10)23-2/h4-8H,3,9H2,1-2H3,(H3,18,20,21,22). The number of thioether (sulfide) groups is 1. The summed E-state index contributed by atoms with van der Waals surface area (Å²) in [7, 11) is 1.63. The number of methoxy groups -OCH3 is 1. The first-order valence-electron chi connectivity index (χ1n) is 7.69. The predicted octanol–water partition coefficient (Wildman–Crippen LogP) is 3.47. The topological polar surface area (TPSA) is 98.8 Å². The van der Waals surface area contributed by atoms with Crippen molar-refractivity contribution in [1.82, 2.24) is 4.98 Å². The number of nitrogens with one attached hydrogen (secondary N) is 1. The van der Waals surface area contributed by atoms with Crippen molar-refractivity contribution in [2.45, 2.75) is 11.8 Å². The van der Waals surface area contributed by atoms with E-state index < -0.39 is 6.09 Å². The zero-order valence-corrected chi connectivity index (χ0v) is 14.7. The van der Waals surface area contributed by atoms with Gasteiger partial charge in [0, 0.05) is 16.2 Å². The summed E-state index contributed by atoms with van der Waals surface area (Å²) in [5, 5.41) is 2.56. The van der Waals surface area contributed by atoms with Gasteiger partial charge in [-0.3, -0.25) is 5.32 Å². The number of anilines is 2. The number of nitrogen functional groups attached to an aromatic ring is 1. The van der Waals surface area contributed by atoms with Crippen molar-refractivity contribution < 1.29 is 14.3 Å². The molecule has 2 aromatic rings. The molecule has 1 aliphatic rings. The number of nitrogens with zero attached hydrogens (tertiary/aromatic N) is 2. The lowest BCUT2D eigenvalue weighted by molar-refractivity contribution is 0.168. The number of amides is 1. The zero-order chi connectivity index (χ0) is 17.8. The number of aromatic nitrogens is 1. The highest BCUT2D eigenvalue weighted by Crippen LogP contribution is 2.40. The lowest BCUT2D eigenvalue weighted by atomic mass is 10.1. The van der Waals surface area contributed by atoms with E-state index in [1.54, 1.807) is 31.9 Å². The largest absolute Gasteiger partial charge is 0.497 e. The van der Waals surface area contributed by atoms with Crippen molar-refractivity contribution in [3.63, 3.8) is 0 Å². The van der Waals surface area contributed by atoms with Crippen LogP contribution in [0.2, 0.25) is 0 Å². The number of fused-ring (bicyclic) bond motifs is 1. The van der Waals surface area contributed by atoms with Crippen LogP contribution in [-0.4, -0.2) is 36.3 Å². The molecule has 0 radical (unpaired) electrons. The van der Waals surface area contributed by atoms with Crippen LogP contribution in [0.4, 0.5) is 22.1 Å². The van der Waals surface area contributed by atoms with Crippen LogP contribution in [0, 0.1) is 0 Å². The van der Waals surface area contributed by atoms with E-state index in [-0.39, 0.29) is 12.4 Å². The summed E-state index contributed by atoms with van der Waals surface area (Å²) in [5.74, 6) is 2.07. The first-order valence-corrected chi connectivity index (χ1v) is 8.68. The van der Waals surface area contributed by atoms with E-state index in [0.29, 0.717) is 17.3 Å². The number of pyridine rings is 1. The Morgan fingerprint density at radius 1 is 1.40 bits per heavy atom. The first-order chi connectivity index (χ1) is 12.1. The van der Waals surface area contributed by atoms with Crippen LogP contribution in [-0.2, 0) is 4.74 Å². The Bertz CT molecular complexity index is 839. The lowest BCUT2D eigenvalue weighted by Gasteiger charge is -2.18. The van der Waals surface area contributed by atoms with Crippen LogP contribution in [0.3, 0.4) is 0 Å². The average Bonchev–Trinajstić information content (AvgIpc) is 2.61.